The van der Waals surface area contributed by atoms with Gasteiger partial charge in [-0.2, -0.15) is 0 Å². The summed E-state index contributed by atoms with van der Waals surface area (Å²) in [5.41, 5.74) is 2.67. The molecule has 0 unspecified atom stereocenters. The Morgan fingerprint density at radius 1 is 0.861 bits per heavy atom. The molecule has 2 aromatic carbocycles. The first-order chi connectivity index (χ1) is 17.6. The Labute approximate surface area is 219 Å². The highest BCUT2D eigenvalue weighted by Gasteiger charge is 2.19. The first kappa shape index (κ1) is 24.6. The lowest BCUT2D eigenvalue weighted by atomic mass is 10.0. The standard InChI is InChI=1S/C27H26Cl2N4O3/c1-34-21-13-22(35-2)27(29)25(26(21)28)19-5-4-18-12-24(31-15-20(18)11-19)32-23-6-3-17(14-30-23)16-33-7-9-36-10-8-33/h3-6,11-15H,7-10,16H2,1-2H3,(H,30,31,32). The maximum Gasteiger partial charge on any atom is 0.141 e. The molecular weight excluding hydrogens is 499 g/mol. The zero-order valence-electron chi connectivity index (χ0n) is 20.1. The number of nitrogens with zero attached hydrogens (tertiary/aromatic N) is 3. The summed E-state index contributed by atoms with van der Waals surface area (Å²) in [5.74, 6) is 2.44. The Balaban J connectivity index is 1.36. The fourth-order valence-corrected chi connectivity index (χ4v) is 4.96. The summed E-state index contributed by atoms with van der Waals surface area (Å²) in [4.78, 5) is 11.5. The van der Waals surface area contributed by atoms with Crippen LogP contribution < -0.4 is 14.8 Å². The second kappa shape index (κ2) is 10.9. The third-order valence-corrected chi connectivity index (χ3v) is 6.93. The van der Waals surface area contributed by atoms with E-state index in [9.17, 15) is 0 Å². The van der Waals surface area contributed by atoms with Gasteiger partial charge in [0, 0.05) is 49.0 Å². The van der Waals surface area contributed by atoms with E-state index in [1.165, 1.54) is 5.56 Å². The number of rotatable bonds is 7. The summed E-state index contributed by atoms with van der Waals surface area (Å²) in [6.07, 6.45) is 3.72. The van der Waals surface area contributed by atoms with Gasteiger partial charge in [-0.25, -0.2) is 9.97 Å². The summed E-state index contributed by atoms with van der Waals surface area (Å²) >= 11 is 13.2. The zero-order chi connectivity index (χ0) is 25.1. The minimum Gasteiger partial charge on any atom is -0.495 e. The van der Waals surface area contributed by atoms with Crippen molar-refractivity contribution in [3.05, 3.63) is 70.5 Å². The number of pyridine rings is 2. The number of morpholine rings is 1. The van der Waals surface area contributed by atoms with E-state index in [-0.39, 0.29) is 0 Å². The lowest BCUT2D eigenvalue weighted by Crippen LogP contribution is -2.35. The van der Waals surface area contributed by atoms with Gasteiger partial charge in [0.05, 0.1) is 37.5 Å². The highest BCUT2D eigenvalue weighted by molar-refractivity contribution is 6.41. The Morgan fingerprint density at radius 2 is 1.58 bits per heavy atom. The van der Waals surface area contributed by atoms with Crippen LogP contribution in [0.4, 0.5) is 11.6 Å². The van der Waals surface area contributed by atoms with E-state index in [1.807, 2.05) is 42.7 Å². The van der Waals surface area contributed by atoms with Gasteiger partial charge >= 0.3 is 0 Å². The Kier molecular flexibility index (Phi) is 7.43. The van der Waals surface area contributed by atoms with Crippen LogP contribution in [-0.2, 0) is 11.3 Å². The molecule has 1 saturated heterocycles. The van der Waals surface area contributed by atoms with Crippen molar-refractivity contribution in [2.75, 3.05) is 45.8 Å². The van der Waals surface area contributed by atoms with Crippen LogP contribution in [0.3, 0.4) is 0 Å². The Bertz CT molecular complexity index is 1350. The zero-order valence-corrected chi connectivity index (χ0v) is 21.6. The third kappa shape index (κ3) is 5.20. The van der Waals surface area contributed by atoms with Gasteiger partial charge in [0.25, 0.3) is 0 Å². The van der Waals surface area contributed by atoms with Crippen molar-refractivity contribution in [3.8, 4) is 22.6 Å². The monoisotopic (exact) mass is 524 g/mol. The molecule has 36 heavy (non-hydrogen) atoms. The van der Waals surface area contributed by atoms with Gasteiger partial charge in [0.15, 0.2) is 0 Å². The number of nitrogens with one attached hydrogen (secondary N) is 1. The number of hydrogen-bond acceptors (Lipinski definition) is 7. The molecule has 0 aliphatic carbocycles. The van der Waals surface area contributed by atoms with Crippen molar-refractivity contribution in [1.29, 1.82) is 0 Å². The van der Waals surface area contributed by atoms with E-state index >= 15 is 0 Å². The molecular formula is C27H26Cl2N4O3. The molecule has 1 fully saturated rings. The maximum atomic E-state index is 6.60. The molecule has 7 nitrogen and oxygen atoms in total. The minimum atomic E-state index is 0.428. The van der Waals surface area contributed by atoms with Gasteiger partial charge in [-0.15, -0.1) is 0 Å². The van der Waals surface area contributed by atoms with Gasteiger partial charge in [-0.3, -0.25) is 4.90 Å². The smallest absolute Gasteiger partial charge is 0.141 e. The lowest BCUT2D eigenvalue weighted by Gasteiger charge is -2.26. The van der Waals surface area contributed by atoms with E-state index < -0.39 is 0 Å². The third-order valence-electron chi connectivity index (χ3n) is 6.17. The predicted octanol–water partition coefficient (Wildman–Crippen LogP) is 6.20. The second-order valence-corrected chi connectivity index (χ2v) is 9.24. The lowest BCUT2D eigenvalue weighted by molar-refractivity contribution is 0.0341. The van der Waals surface area contributed by atoms with Crippen LogP contribution >= 0.6 is 23.2 Å². The summed E-state index contributed by atoms with van der Waals surface area (Å²) in [6.45, 7) is 4.35. The van der Waals surface area contributed by atoms with Crippen molar-refractivity contribution < 1.29 is 14.2 Å². The molecule has 9 heteroatoms. The van der Waals surface area contributed by atoms with Crippen molar-refractivity contribution in [3.63, 3.8) is 0 Å². The predicted molar refractivity (Wildman–Crippen MR) is 144 cm³/mol. The highest BCUT2D eigenvalue weighted by atomic mass is 35.5. The second-order valence-electron chi connectivity index (χ2n) is 8.48. The van der Waals surface area contributed by atoms with E-state index in [0.29, 0.717) is 32.9 Å². The molecule has 4 aromatic rings. The molecule has 1 N–H and O–H groups in total. The molecule has 0 amide bonds. The molecule has 0 bridgehead atoms. The van der Waals surface area contributed by atoms with Crippen LogP contribution in [0.1, 0.15) is 5.56 Å². The van der Waals surface area contributed by atoms with Crippen molar-refractivity contribution in [1.82, 2.24) is 14.9 Å². The van der Waals surface area contributed by atoms with E-state index in [1.54, 1.807) is 20.3 Å². The Morgan fingerprint density at radius 3 is 2.25 bits per heavy atom. The molecule has 3 heterocycles. The summed E-state index contributed by atoms with van der Waals surface area (Å²) in [5, 5.41) is 6.11. The molecule has 0 saturated carbocycles. The topological polar surface area (TPSA) is 68.7 Å². The minimum absolute atomic E-state index is 0.428. The fourth-order valence-electron chi connectivity index (χ4n) is 4.25. The van der Waals surface area contributed by atoms with Gasteiger partial charge in [-0.1, -0.05) is 41.4 Å². The van der Waals surface area contributed by atoms with Crippen LogP contribution in [0.15, 0.2) is 54.9 Å². The van der Waals surface area contributed by atoms with E-state index in [4.69, 9.17) is 37.4 Å². The average Bonchev–Trinajstić information content (AvgIpc) is 2.91. The maximum absolute atomic E-state index is 6.60. The van der Waals surface area contributed by atoms with Crippen molar-refractivity contribution in [2.45, 2.75) is 6.54 Å². The number of halogens is 2. The largest absolute Gasteiger partial charge is 0.495 e. The number of methoxy groups -OCH3 is 2. The van der Waals surface area contributed by atoms with Crippen LogP contribution in [0.2, 0.25) is 10.0 Å². The van der Waals surface area contributed by atoms with Crippen LogP contribution in [0.25, 0.3) is 21.9 Å². The van der Waals surface area contributed by atoms with Crippen LogP contribution in [-0.4, -0.2) is 55.4 Å². The normalized spacial score (nSPS) is 14.1. The molecule has 1 aliphatic heterocycles. The molecule has 0 radical (unpaired) electrons. The number of fused-ring (bicyclic) bond motifs is 1. The van der Waals surface area contributed by atoms with Crippen LogP contribution in [0.5, 0.6) is 11.5 Å². The van der Waals surface area contributed by atoms with E-state index in [0.717, 1.165) is 55.0 Å². The van der Waals surface area contributed by atoms with Crippen molar-refractivity contribution >= 4 is 45.6 Å². The number of anilines is 2. The van der Waals surface area contributed by atoms with Gasteiger partial charge < -0.3 is 19.5 Å². The molecule has 186 valence electrons. The Hall–Kier alpha value is -3.10. The quantitative estimate of drug-likeness (QED) is 0.308. The molecule has 0 spiro atoms. The van der Waals surface area contributed by atoms with Gasteiger partial charge in [-0.05, 0) is 34.7 Å². The highest BCUT2D eigenvalue weighted by Crippen LogP contribution is 2.46. The fraction of sp³-hybridized carbons (Fsp3) is 0.259. The summed E-state index contributed by atoms with van der Waals surface area (Å²) < 4.78 is 16.2. The number of ether oxygens (including phenoxy) is 3. The van der Waals surface area contributed by atoms with E-state index in [2.05, 4.69) is 26.3 Å². The average molecular weight is 525 g/mol. The SMILES string of the molecule is COc1cc(OC)c(Cl)c(-c2ccc3cc(Nc4ccc(CN5CCOCC5)cn4)ncc3c2)c1Cl. The first-order valence-corrected chi connectivity index (χ1v) is 12.3. The number of hydrogen-bond donors (Lipinski definition) is 1. The summed E-state index contributed by atoms with van der Waals surface area (Å²) in [6, 6.07) is 13.7. The molecule has 5 rings (SSSR count). The summed E-state index contributed by atoms with van der Waals surface area (Å²) in [7, 11) is 3.12. The van der Waals surface area contributed by atoms with Crippen molar-refractivity contribution in [2.24, 2.45) is 0 Å². The van der Waals surface area contributed by atoms with Gasteiger partial charge in [0.2, 0.25) is 0 Å². The molecule has 1 aliphatic rings. The van der Waals surface area contributed by atoms with Gasteiger partial charge in [0.1, 0.15) is 23.1 Å². The van der Waals surface area contributed by atoms with Crippen LogP contribution in [0, 0.1) is 0 Å². The molecule has 2 aromatic heterocycles. The number of aromatic nitrogens is 2. The molecule has 0 atom stereocenters. The first-order valence-electron chi connectivity index (χ1n) is 11.6. The number of benzene rings is 2.